The molecule has 0 amide bonds. The van der Waals surface area contributed by atoms with Gasteiger partial charge in [0, 0.05) is 17.8 Å². The number of nitrogens with one attached hydrogen (secondary N) is 1. The highest BCUT2D eigenvalue weighted by molar-refractivity contribution is 5.81. The van der Waals surface area contributed by atoms with Crippen molar-refractivity contribution in [2.24, 2.45) is 0 Å². The second-order valence-corrected chi connectivity index (χ2v) is 3.19. The van der Waals surface area contributed by atoms with Crippen molar-refractivity contribution < 1.29 is 4.79 Å². The third kappa shape index (κ3) is 4.78. The molecule has 1 aliphatic heterocycles. The average Bonchev–Trinajstić information content (AvgIpc) is 2.85. The molecule has 0 aromatic carbocycles. The van der Waals surface area contributed by atoms with Crippen molar-refractivity contribution in [1.29, 1.82) is 0 Å². The van der Waals surface area contributed by atoms with Gasteiger partial charge in [0.25, 0.3) is 0 Å². The second-order valence-electron chi connectivity index (χ2n) is 3.19. The minimum Gasteiger partial charge on any atom is -0.388 e. The third-order valence-corrected chi connectivity index (χ3v) is 2.18. The zero-order valence-corrected chi connectivity index (χ0v) is 10.3. The van der Waals surface area contributed by atoms with Gasteiger partial charge in [0.15, 0.2) is 6.29 Å². The predicted molar refractivity (Wildman–Crippen MR) is 70.2 cm³/mol. The van der Waals surface area contributed by atoms with Gasteiger partial charge in [-0.15, -0.1) is 0 Å². The summed E-state index contributed by atoms with van der Waals surface area (Å²) < 4.78 is 0. The summed E-state index contributed by atoms with van der Waals surface area (Å²) in [5.74, 6) is 0. The summed E-state index contributed by atoms with van der Waals surface area (Å²) in [5, 5.41) is 3.24. The third-order valence-electron chi connectivity index (χ3n) is 2.18. The van der Waals surface area contributed by atoms with Crippen molar-refractivity contribution in [2.45, 2.75) is 26.7 Å². The van der Waals surface area contributed by atoms with E-state index in [9.17, 15) is 4.79 Å². The Balaban J connectivity index is 0.00000106. The zero-order chi connectivity index (χ0) is 12.4. The number of hydrogen-bond acceptors (Lipinski definition) is 2. The molecule has 1 N–H and O–H groups in total. The van der Waals surface area contributed by atoms with E-state index >= 15 is 0 Å². The fourth-order valence-electron chi connectivity index (χ4n) is 1.29. The van der Waals surface area contributed by atoms with Gasteiger partial charge in [0.05, 0.1) is 0 Å². The molecule has 0 atom stereocenters. The molecule has 0 aliphatic carbocycles. The van der Waals surface area contributed by atoms with Crippen molar-refractivity contribution in [3.63, 3.8) is 0 Å². The van der Waals surface area contributed by atoms with E-state index in [0.717, 1.165) is 19.3 Å². The molecule has 0 radical (unpaired) electrons. The minimum atomic E-state index is 0.584. The van der Waals surface area contributed by atoms with Crippen molar-refractivity contribution in [1.82, 2.24) is 5.32 Å². The quantitative estimate of drug-likeness (QED) is 0.447. The molecule has 2 nitrogen and oxygen atoms in total. The molecule has 1 rings (SSSR count). The van der Waals surface area contributed by atoms with Crippen LogP contribution >= 0.6 is 0 Å². The van der Waals surface area contributed by atoms with E-state index in [4.69, 9.17) is 0 Å². The normalized spacial score (nSPS) is 17.1. The maximum absolute atomic E-state index is 10.7. The van der Waals surface area contributed by atoms with Gasteiger partial charge in [-0.1, -0.05) is 33.1 Å². The molecular formula is C14H21NO. The molecule has 1 heterocycles. The van der Waals surface area contributed by atoms with Gasteiger partial charge in [-0.3, -0.25) is 4.79 Å². The van der Waals surface area contributed by atoms with Crippen molar-refractivity contribution in [3.8, 4) is 0 Å². The minimum absolute atomic E-state index is 0.584. The summed E-state index contributed by atoms with van der Waals surface area (Å²) in [6.07, 6.45) is 8.33. The van der Waals surface area contributed by atoms with Crippen LogP contribution in [0.15, 0.2) is 48.2 Å². The molecule has 1 fully saturated rings. The van der Waals surface area contributed by atoms with Gasteiger partial charge in [-0.25, -0.2) is 0 Å². The molecule has 2 heteroatoms. The van der Waals surface area contributed by atoms with Crippen LogP contribution in [0.5, 0.6) is 0 Å². The molecule has 1 saturated heterocycles. The molecule has 0 unspecified atom stereocenters. The molecule has 0 bridgehead atoms. The number of allylic oxidation sites excluding steroid dienone is 6. The van der Waals surface area contributed by atoms with Gasteiger partial charge in [-0.05, 0) is 30.6 Å². The van der Waals surface area contributed by atoms with Crippen LogP contribution in [0.3, 0.4) is 0 Å². The zero-order valence-electron chi connectivity index (χ0n) is 10.3. The topological polar surface area (TPSA) is 29.1 Å². The van der Waals surface area contributed by atoms with Gasteiger partial charge >= 0.3 is 0 Å². The molecular weight excluding hydrogens is 198 g/mol. The lowest BCUT2D eigenvalue weighted by atomic mass is 10.1. The number of rotatable bonds is 4. The largest absolute Gasteiger partial charge is 0.388 e. The highest BCUT2D eigenvalue weighted by Crippen LogP contribution is 2.11. The molecule has 1 aliphatic rings. The Kier molecular flexibility index (Phi) is 7.86. The molecule has 88 valence electrons. The second kappa shape index (κ2) is 8.72. The highest BCUT2D eigenvalue weighted by Gasteiger charge is 2.03. The first kappa shape index (κ1) is 14.4. The Bertz CT molecular complexity index is 303. The van der Waals surface area contributed by atoms with E-state index in [-0.39, 0.29) is 0 Å². The lowest BCUT2D eigenvalue weighted by Crippen LogP contribution is -2.02. The van der Waals surface area contributed by atoms with E-state index in [1.165, 1.54) is 12.1 Å². The molecule has 0 spiro atoms. The Morgan fingerprint density at radius 1 is 1.44 bits per heavy atom. The first-order chi connectivity index (χ1) is 7.77. The summed E-state index contributed by atoms with van der Waals surface area (Å²) in [6, 6.07) is 0. The smallest absolute Gasteiger partial charge is 0.150 e. The number of carbonyl (C=O) groups excluding carboxylic acids is 1. The van der Waals surface area contributed by atoms with Crippen LogP contribution in [-0.2, 0) is 4.79 Å². The predicted octanol–water partition coefficient (Wildman–Crippen LogP) is 3.15. The van der Waals surface area contributed by atoms with E-state index in [0.29, 0.717) is 11.1 Å². The standard InChI is InChI=1S/C12H15NO.C2H6/c1-3-10(2)11(9-14)6-7-12-5-4-8-13-12;1-2/h3,6-7,9,13H,1-2,4-5,8H2;1-2H3/b11-6+,12-7-;. The van der Waals surface area contributed by atoms with Crippen molar-refractivity contribution in [3.05, 3.63) is 48.2 Å². The summed E-state index contributed by atoms with van der Waals surface area (Å²) in [5.41, 5.74) is 2.43. The Labute approximate surface area is 98.4 Å². The first-order valence-electron chi connectivity index (χ1n) is 5.69. The maximum Gasteiger partial charge on any atom is 0.150 e. The number of aldehydes is 1. The van der Waals surface area contributed by atoms with Crippen LogP contribution in [0.1, 0.15) is 26.7 Å². The van der Waals surface area contributed by atoms with Crippen LogP contribution in [0.4, 0.5) is 0 Å². The maximum atomic E-state index is 10.7. The van der Waals surface area contributed by atoms with Gasteiger partial charge in [0.2, 0.25) is 0 Å². The summed E-state index contributed by atoms with van der Waals surface area (Å²) >= 11 is 0. The van der Waals surface area contributed by atoms with E-state index in [1.54, 1.807) is 12.2 Å². The summed E-state index contributed by atoms with van der Waals surface area (Å²) in [7, 11) is 0. The van der Waals surface area contributed by atoms with Crippen LogP contribution in [-0.4, -0.2) is 12.8 Å². The molecule has 0 aromatic heterocycles. The van der Waals surface area contributed by atoms with Gasteiger partial charge < -0.3 is 5.32 Å². The van der Waals surface area contributed by atoms with Crippen LogP contribution < -0.4 is 5.32 Å². The average molecular weight is 219 g/mol. The van der Waals surface area contributed by atoms with Crippen molar-refractivity contribution >= 4 is 6.29 Å². The fourth-order valence-corrected chi connectivity index (χ4v) is 1.29. The highest BCUT2D eigenvalue weighted by atomic mass is 16.1. The van der Waals surface area contributed by atoms with Crippen LogP contribution in [0.2, 0.25) is 0 Å². The Hall–Kier alpha value is -1.57. The van der Waals surface area contributed by atoms with Gasteiger partial charge in [0.1, 0.15) is 0 Å². The monoisotopic (exact) mass is 219 g/mol. The van der Waals surface area contributed by atoms with E-state index in [2.05, 4.69) is 18.5 Å². The summed E-state index contributed by atoms with van der Waals surface area (Å²) in [6.45, 7) is 12.3. The van der Waals surface area contributed by atoms with Crippen molar-refractivity contribution in [2.75, 3.05) is 6.54 Å². The van der Waals surface area contributed by atoms with Crippen LogP contribution in [0, 0.1) is 0 Å². The number of carbonyl (C=O) groups is 1. The Morgan fingerprint density at radius 3 is 2.56 bits per heavy atom. The molecule has 0 aromatic rings. The lowest BCUT2D eigenvalue weighted by molar-refractivity contribution is -0.104. The molecule has 16 heavy (non-hydrogen) atoms. The van der Waals surface area contributed by atoms with E-state index < -0.39 is 0 Å². The first-order valence-corrected chi connectivity index (χ1v) is 5.69. The summed E-state index contributed by atoms with van der Waals surface area (Å²) in [4.78, 5) is 10.7. The van der Waals surface area contributed by atoms with Crippen LogP contribution in [0.25, 0.3) is 0 Å². The molecule has 0 saturated carbocycles. The number of hydrogen-bond donors (Lipinski definition) is 1. The van der Waals surface area contributed by atoms with Gasteiger partial charge in [-0.2, -0.15) is 0 Å². The van der Waals surface area contributed by atoms with E-state index in [1.807, 2.05) is 19.9 Å². The fraction of sp³-hybridized carbons (Fsp3) is 0.357. The lowest BCUT2D eigenvalue weighted by Gasteiger charge is -1.97. The Morgan fingerprint density at radius 2 is 2.12 bits per heavy atom. The SMILES string of the molecule is C=CC(=C)/C(C=O)=C/C=C1/CCCN1.CC.